The summed E-state index contributed by atoms with van der Waals surface area (Å²) in [5.74, 6) is 1.37. The minimum Gasteiger partial charge on any atom is -0.219 e. The van der Waals surface area contributed by atoms with Crippen molar-refractivity contribution in [3.05, 3.63) is 20.6 Å². The summed E-state index contributed by atoms with van der Waals surface area (Å²) >= 11 is 16.3. The second kappa shape index (κ2) is 4.65. The molecule has 1 aromatic rings. The molecule has 0 unspecified atom stereocenters. The van der Waals surface area contributed by atoms with Crippen LogP contribution in [0.5, 0.6) is 0 Å². The molecule has 6 heteroatoms. The first kappa shape index (κ1) is 10.6. The Labute approximate surface area is 93.2 Å². The molecule has 0 amide bonds. The zero-order valence-corrected chi connectivity index (χ0v) is 10.1. The molecule has 0 saturated heterocycles. The third-order valence-electron chi connectivity index (χ3n) is 1.09. The van der Waals surface area contributed by atoms with Crippen LogP contribution in [-0.4, -0.2) is 16.2 Å². The SMILES string of the molecule is CSCc1nc(Cl)c(Br)c(Cl)n1. The predicted molar refractivity (Wildman–Crippen MR) is 57.0 cm³/mol. The maximum absolute atomic E-state index is 5.76. The highest BCUT2D eigenvalue weighted by molar-refractivity contribution is 9.10. The minimum atomic E-state index is 0.360. The molecule has 0 aliphatic carbocycles. The Morgan fingerprint density at radius 2 is 1.83 bits per heavy atom. The summed E-state index contributed by atoms with van der Waals surface area (Å²) in [6.07, 6.45) is 1.97. The van der Waals surface area contributed by atoms with Crippen LogP contribution in [-0.2, 0) is 5.75 Å². The lowest BCUT2D eigenvalue weighted by Crippen LogP contribution is -1.94. The van der Waals surface area contributed by atoms with E-state index in [0.29, 0.717) is 26.4 Å². The molecule has 0 saturated carbocycles. The third-order valence-corrected chi connectivity index (χ3v) is 3.39. The number of nitrogens with zero attached hydrogens (tertiary/aromatic N) is 2. The molecule has 0 aromatic carbocycles. The summed E-state index contributed by atoms with van der Waals surface area (Å²) in [5.41, 5.74) is 0. The maximum Gasteiger partial charge on any atom is 0.148 e. The van der Waals surface area contributed by atoms with E-state index in [1.807, 2.05) is 6.26 Å². The lowest BCUT2D eigenvalue weighted by molar-refractivity contribution is 1.03. The van der Waals surface area contributed by atoms with Crippen LogP contribution < -0.4 is 0 Å². The van der Waals surface area contributed by atoms with Crippen LogP contribution in [0.15, 0.2) is 4.47 Å². The number of hydrogen-bond acceptors (Lipinski definition) is 3. The lowest BCUT2D eigenvalue weighted by atomic mass is 10.6. The summed E-state index contributed by atoms with van der Waals surface area (Å²) < 4.78 is 0.552. The Bertz CT molecular complexity index is 272. The highest BCUT2D eigenvalue weighted by atomic mass is 79.9. The molecule has 0 N–H and O–H groups in total. The summed E-state index contributed by atoms with van der Waals surface area (Å²) in [7, 11) is 0. The van der Waals surface area contributed by atoms with E-state index in [-0.39, 0.29) is 0 Å². The van der Waals surface area contributed by atoms with Crippen LogP contribution in [0.2, 0.25) is 10.3 Å². The minimum absolute atomic E-state index is 0.360. The molecule has 1 heterocycles. The van der Waals surface area contributed by atoms with Gasteiger partial charge in [-0.05, 0) is 22.2 Å². The predicted octanol–water partition coefficient (Wildman–Crippen LogP) is 3.41. The van der Waals surface area contributed by atoms with Crippen LogP contribution >= 0.6 is 50.9 Å². The lowest BCUT2D eigenvalue weighted by Gasteiger charge is -2.01. The second-order valence-electron chi connectivity index (χ2n) is 1.97. The van der Waals surface area contributed by atoms with Gasteiger partial charge in [0.25, 0.3) is 0 Å². The molecule has 1 aromatic heterocycles. The van der Waals surface area contributed by atoms with Crippen molar-refractivity contribution in [3.63, 3.8) is 0 Å². The summed E-state index contributed by atoms with van der Waals surface area (Å²) in [6, 6.07) is 0. The highest BCUT2D eigenvalue weighted by Crippen LogP contribution is 2.27. The van der Waals surface area contributed by atoms with Gasteiger partial charge in [-0.3, -0.25) is 0 Å². The van der Waals surface area contributed by atoms with Crippen molar-refractivity contribution >= 4 is 50.9 Å². The van der Waals surface area contributed by atoms with Gasteiger partial charge in [-0.2, -0.15) is 11.8 Å². The van der Waals surface area contributed by atoms with Gasteiger partial charge in [-0.1, -0.05) is 23.2 Å². The van der Waals surface area contributed by atoms with E-state index in [1.165, 1.54) is 0 Å². The van der Waals surface area contributed by atoms with E-state index in [2.05, 4.69) is 25.9 Å². The van der Waals surface area contributed by atoms with Gasteiger partial charge in [0.15, 0.2) is 0 Å². The molecule has 66 valence electrons. The first-order chi connectivity index (χ1) is 5.65. The topological polar surface area (TPSA) is 25.8 Å². The molecule has 0 aliphatic rings. The van der Waals surface area contributed by atoms with Crippen molar-refractivity contribution < 1.29 is 0 Å². The number of hydrogen-bond donors (Lipinski definition) is 0. The van der Waals surface area contributed by atoms with Crippen LogP contribution in [0.1, 0.15) is 5.82 Å². The molecule has 0 atom stereocenters. The molecule has 1 rings (SSSR count). The van der Waals surface area contributed by atoms with Crippen molar-refractivity contribution in [2.24, 2.45) is 0 Å². The van der Waals surface area contributed by atoms with E-state index >= 15 is 0 Å². The third kappa shape index (κ3) is 2.49. The standard InChI is InChI=1S/C6H5BrCl2N2S/c1-12-2-3-10-5(8)4(7)6(9)11-3/h2H2,1H3. The van der Waals surface area contributed by atoms with Gasteiger partial charge < -0.3 is 0 Å². The largest absolute Gasteiger partial charge is 0.219 e. The summed E-state index contributed by atoms with van der Waals surface area (Å²) in [6.45, 7) is 0. The fraction of sp³-hybridized carbons (Fsp3) is 0.333. The van der Waals surface area contributed by atoms with E-state index in [1.54, 1.807) is 11.8 Å². The molecular weight excluding hydrogens is 283 g/mol. The van der Waals surface area contributed by atoms with E-state index < -0.39 is 0 Å². The Morgan fingerprint density at radius 3 is 2.25 bits per heavy atom. The van der Waals surface area contributed by atoms with E-state index in [4.69, 9.17) is 23.2 Å². The molecular formula is C6H5BrCl2N2S. The van der Waals surface area contributed by atoms with E-state index in [9.17, 15) is 0 Å². The number of aromatic nitrogens is 2. The van der Waals surface area contributed by atoms with Crippen molar-refractivity contribution in [1.29, 1.82) is 0 Å². The molecule has 0 radical (unpaired) electrons. The molecule has 0 fully saturated rings. The maximum atomic E-state index is 5.76. The number of halogens is 3. The van der Waals surface area contributed by atoms with E-state index in [0.717, 1.165) is 0 Å². The Hall–Kier alpha value is 0.490. The molecule has 0 bridgehead atoms. The smallest absolute Gasteiger partial charge is 0.148 e. The summed E-state index contributed by atoms with van der Waals surface area (Å²) in [4.78, 5) is 8.05. The number of rotatable bonds is 2. The average Bonchev–Trinajstić information content (AvgIpc) is 2.01. The normalized spacial score (nSPS) is 10.3. The first-order valence-corrected chi connectivity index (χ1v) is 5.95. The molecule has 0 spiro atoms. The Kier molecular flexibility index (Phi) is 4.10. The molecule has 2 nitrogen and oxygen atoms in total. The van der Waals surface area contributed by atoms with Crippen LogP contribution in [0.4, 0.5) is 0 Å². The van der Waals surface area contributed by atoms with Gasteiger partial charge >= 0.3 is 0 Å². The fourth-order valence-electron chi connectivity index (χ4n) is 0.629. The van der Waals surface area contributed by atoms with Crippen LogP contribution in [0.25, 0.3) is 0 Å². The highest BCUT2D eigenvalue weighted by Gasteiger charge is 2.07. The van der Waals surface area contributed by atoms with Gasteiger partial charge in [0, 0.05) is 0 Å². The van der Waals surface area contributed by atoms with Gasteiger partial charge in [-0.15, -0.1) is 0 Å². The van der Waals surface area contributed by atoms with Crippen molar-refractivity contribution in [2.45, 2.75) is 5.75 Å². The average molecular weight is 288 g/mol. The van der Waals surface area contributed by atoms with Gasteiger partial charge in [0.1, 0.15) is 16.1 Å². The quantitative estimate of drug-likeness (QED) is 0.780. The van der Waals surface area contributed by atoms with Crippen LogP contribution in [0, 0.1) is 0 Å². The van der Waals surface area contributed by atoms with Crippen molar-refractivity contribution in [2.75, 3.05) is 6.26 Å². The zero-order valence-electron chi connectivity index (χ0n) is 6.14. The molecule has 0 aliphatic heterocycles. The first-order valence-electron chi connectivity index (χ1n) is 3.01. The van der Waals surface area contributed by atoms with Gasteiger partial charge in [0.05, 0.1) is 10.2 Å². The van der Waals surface area contributed by atoms with Crippen LogP contribution in [0.3, 0.4) is 0 Å². The fourth-order valence-corrected chi connectivity index (χ4v) is 1.62. The van der Waals surface area contributed by atoms with Crippen molar-refractivity contribution in [3.8, 4) is 0 Å². The Morgan fingerprint density at radius 1 is 1.33 bits per heavy atom. The second-order valence-corrected chi connectivity index (χ2v) is 4.34. The zero-order chi connectivity index (χ0) is 9.14. The molecule has 12 heavy (non-hydrogen) atoms. The monoisotopic (exact) mass is 286 g/mol. The Balaban J connectivity index is 3.04. The number of thioether (sulfide) groups is 1. The summed E-state index contributed by atoms with van der Waals surface area (Å²) in [5, 5.41) is 0.720. The van der Waals surface area contributed by atoms with Gasteiger partial charge in [0.2, 0.25) is 0 Å². The van der Waals surface area contributed by atoms with Crippen molar-refractivity contribution in [1.82, 2.24) is 9.97 Å². The van der Waals surface area contributed by atoms with Gasteiger partial charge in [-0.25, -0.2) is 9.97 Å².